The smallest absolute Gasteiger partial charge is 0.363 e. The largest absolute Gasteiger partial charge is 0.610 e. The van der Waals surface area contributed by atoms with Crippen LogP contribution in [0, 0.1) is 0 Å². The zero-order valence-corrected chi connectivity index (χ0v) is 9.57. The van der Waals surface area contributed by atoms with Gasteiger partial charge in [0.05, 0.1) is 17.6 Å². The first kappa shape index (κ1) is 11.7. The van der Waals surface area contributed by atoms with Crippen molar-refractivity contribution in [3.05, 3.63) is 29.6 Å². The molecule has 0 radical (unpaired) electrons. The van der Waals surface area contributed by atoms with Crippen molar-refractivity contribution in [1.29, 1.82) is 0 Å². The molecule has 0 aliphatic carbocycles. The summed E-state index contributed by atoms with van der Waals surface area (Å²) in [5.74, 6) is -0.575. The second-order valence-corrected chi connectivity index (χ2v) is 4.23. The molecule has 0 spiro atoms. The topological polar surface area (TPSA) is 121 Å². The molecule has 5 N–H and O–H groups in total. The number of hydrogen-bond donors (Lipinski definition) is 4. The number of imidazole rings is 1. The summed E-state index contributed by atoms with van der Waals surface area (Å²) < 4.78 is 10.6. The standard InChI is InChI=1S/C9H9N4O3P/c10-8(14)9-12-6-3-1-2-5(7(6)13-9)4-11-17(15)16/h1-3H,4H2,(H4-,10,11,12,13,14,15,16)/p+1. The monoisotopic (exact) mass is 253 g/mol. The second kappa shape index (κ2) is 4.58. The first-order chi connectivity index (χ1) is 8.08. The quantitative estimate of drug-likeness (QED) is 0.587. The molecule has 8 heteroatoms. The van der Waals surface area contributed by atoms with Gasteiger partial charge in [0, 0.05) is 0 Å². The van der Waals surface area contributed by atoms with Crippen molar-refractivity contribution in [3.63, 3.8) is 0 Å². The number of para-hydroxylation sites is 1. The maximum absolute atomic E-state index is 11.0. The summed E-state index contributed by atoms with van der Waals surface area (Å²) in [4.78, 5) is 26.5. The molecule has 1 aromatic carbocycles. The molecule has 0 aliphatic rings. The molecule has 17 heavy (non-hydrogen) atoms. The molecule has 0 aliphatic heterocycles. The van der Waals surface area contributed by atoms with E-state index in [-0.39, 0.29) is 12.4 Å². The molecule has 0 fully saturated rings. The molecule has 0 bridgehead atoms. The molecule has 1 aromatic heterocycles. The molecule has 0 saturated carbocycles. The number of rotatable bonds is 4. The zero-order valence-electron chi connectivity index (χ0n) is 8.67. The number of nitrogens with two attached hydrogens (primary N) is 1. The second-order valence-electron chi connectivity index (χ2n) is 3.37. The molecule has 0 saturated heterocycles. The minimum atomic E-state index is -2.41. The number of aromatic amines is 1. The fourth-order valence-corrected chi connectivity index (χ4v) is 1.81. The van der Waals surface area contributed by atoms with Gasteiger partial charge in [-0.3, -0.25) is 4.79 Å². The van der Waals surface area contributed by atoms with E-state index in [4.69, 9.17) is 10.6 Å². The van der Waals surface area contributed by atoms with Crippen LogP contribution in [0.3, 0.4) is 0 Å². The predicted molar refractivity (Wildman–Crippen MR) is 61.3 cm³/mol. The van der Waals surface area contributed by atoms with E-state index >= 15 is 0 Å². The molecule has 1 amide bonds. The van der Waals surface area contributed by atoms with Gasteiger partial charge in [-0.25, -0.2) is 4.98 Å². The summed E-state index contributed by atoms with van der Waals surface area (Å²) in [6, 6.07) is 5.25. The van der Waals surface area contributed by atoms with Gasteiger partial charge in [-0.1, -0.05) is 17.2 Å². The van der Waals surface area contributed by atoms with Gasteiger partial charge in [0.2, 0.25) is 0 Å². The van der Waals surface area contributed by atoms with Gasteiger partial charge in [-0.2, -0.15) is 0 Å². The molecule has 2 rings (SSSR count). The third-order valence-corrected chi connectivity index (χ3v) is 2.66. The average molecular weight is 253 g/mol. The third-order valence-electron chi connectivity index (χ3n) is 2.23. The summed E-state index contributed by atoms with van der Waals surface area (Å²) in [5.41, 5.74) is 7.05. The minimum Gasteiger partial charge on any atom is -0.363 e. The van der Waals surface area contributed by atoms with Crippen LogP contribution in [0.1, 0.15) is 16.2 Å². The Morgan fingerprint density at radius 2 is 2.35 bits per heavy atom. The van der Waals surface area contributed by atoms with Gasteiger partial charge in [-0.15, -0.1) is 4.89 Å². The third kappa shape index (κ3) is 2.47. The molecule has 2 aromatic rings. The first-order valence-corrected chi connectivity index (χ1v) is 5.96. The Hall–Kier alpha value is -1.82. The lowest BCUT2D eigenvalue weighted by atomic mass is 10.2. The van der Waals surface area contributed by atoms with Crippen LogP contribution in [0.15, 0.2) is 18.2 Å². The van der Waals surface area contributed by atoms with Crippen molar-refractivity contribution in [2.24, 2.45) is 5.73 Å². The van der Waals surface area contributed by atoms with E-state index in [0.29, 0.717) is 16.6 Å². The molecule has 1 unspecified atom stereocenters. The minimum absolute atomic E-state index is 0.0702. The lowest BCUT2D eigenvalue weighted by Crippen LogP contribution is -2.12. The Labute approximate surface area is 97.0 Å². The van der Waals surface area contributed by atoms with Crippen LogP contribution in [0.5, 0.6) is 0 Å². The van der Waals surface area contributed by atoms with Gasteiger partial charge >= 0.3 is 8.18 Å². The van der Waals surface area contributed by atoms with Gasteiger partial charge < -0.3 is 10.7 Å². The summed E-state index contributed by atoms with van der Waals surface area (Å²) in [5, 5.41) is 2.39. The van der Waals surface area contributed by atoms with Crippen molar-refractivity contribution < 1.29 is 14.3 Å². The van der Waals surface area contributed by atoms with Crippen LogP contribution in [0.25, 0.3) is 11.0 Å². The number of aromatic nitrogens is 2. The number of carbonyl (C=O) groups excluding carboxylic acids is 1. The van der Waals surface area contributed by atoms with Crippen LogP contribution in [-0.2, 0) is 11.1 Å². The fourth-order valence-electron chi connectivity index (χ4n) is 1.50. The van der Waals surface area contributed by atoms with Gasteiger partial charge in [0.25, 0.3) is 5.91 Å². The van der Waals surface area contributed by atoms with Crippen molar-refractivity contribution in [3.8, 4) is 0 Å². The number of benzene rings is 1. The highest BCUT2D eigenvalue weighted by atomic mass is 31.1. The highest BCUT2D eigenvalue weighted by Crippen LogP contribution is 2.18. The molecular formula is C9H10N4O3P+. The van der Waals surface area contributed by atoms with Crippen LogP contribution in [0.2, 0.25) is 0 Å². The lowest BCUT2D eigenvalue weighted by Gasteiger charge is -1.96. The molecule has 1 heterocycles. The van der Waals surface area contributed by atoms with Crippen molar-refractivity contribution >= 4 is 25.1 Å². The first-order valence-electron chi connectivity index (χ1n) is 4.75. The van der Waals surface area contributed by atoms with Crippen LogP contribution >= 0.6 is 8.18 Å². The Kier molecular flexibility index (Phi) is 3.14. The number of nitrogens with zero attached hydrogens (tertiary/aromatic N) is 1. The Morgan fingerprint density at radius 3 is 3.00 bits per heavy atom. The van der Waals surface area contributed by atoms with E-state index in [0.717, 1.165) is 0 Å². The number of amides is 1. The number of primary amides is 1. The van der Waals surface area contributed by atoms with Crippen molar-refractivity contribution in [2.45, 2.75) is 6.54 Å². The van der Waals surface area contributed by atoms with Gasteiger partial charge in [-0.05, 0) is 16.2 Å². The van der Waals surface area contributed by atoms with E-state index in [1.807, 2.05) is 0 Å². The molecule has 88 valence electrons. The lowest BCUT2D eigenvalue weighted by molar-refractivity contribution is 0.0991. The van der Waals surface area contributed by atoms with Gasteiger partial charge in [0.1, 0.15) is 0 Å². The van der Waals surface area contributed by atoms with Crippen LogP contribution in [0.4, 0.5) is 0 Å². The number of hydrogen-bond acceptors (Lipinski definition) is 3. The summed E-state index contributed by atoms with van der Waals surface area (Å²) in [7, 11) is -2.41. The number of carbonyl (C=O) groups is 1. The number of fused-ring (bicyclic) bond motifs is 1. The van der Waals surface area contributed by atoms with Crippen molar-refractivity contribution in [2.75, 3.05) is 0 Å². The number of H-pyrrole nitrogens is 1. The summed E-state index contributed by atoms with van der Waals surface area (Å²) >= 11 is 0. The highest BCUT2D eigenvalue weighted by molar-refractivity contribution is 7.35. The SMILES string of the molecule is NC(=O)c1nc2c(CN[P+](=O)O)cccc2[nH]1. The Balaban J connectivity index is 2.42. The highest BCUT2D eigenvalue weighted by Gasteiger charge is 2.14. The molecule has 1 atom stereocenters. The Bertz CT molecular complexity index is 595. The van der Waals surface area contributed by atoms with E-state index in [1.54, 1.807) is 18.2 Å². The maximum Gasteiger partial charge on any atom is 0.610 e. The van der Waals surface area contributed by atoms with Crippen LogP contribution < -0.4 is 10.8 Å². The summed E-state index contributed by atoms with van der Waals surface area (Å²) in [6.07, 6.45) is 0. The number of nitrogens with one attached hydrogen (secondary N) is 2. The van der Waals surface area contributed by atoms with E-state index in [1.165, 1.54) is 0 Å². The average Bonchev–Trinajstić information content (AvgIpc) is 2.70. The normalized spacial score (nSPS) is 11.7. The van der Waals surface area contributed by atoms with Crippen LogP contribution in [-0.4, -0.2) is 20.8 Å². The van der Waals surface area contributed by atoms with Crippen molar-refractivity contribution in [1.82, 2.24) is 15.1 Å². The fraction of sp³-hybridized carbons (Fsp3) is 0.111. The zero-order chi connectivity index (χ0) is 12.4. The Morgan fingerprint density at radius 1 is 1.59 bits per heavy atom. The van der Waals surface area contributed by atoms with E-state index in [2.05, 4.69) is 15.1 Å². The molecule has 7 nitrogen and oxygen atoms in total. The van der Waals surface area contributed by atoms with E-state index < -0.39 is 14.1 Å². The predicted octanol–water partition coefficient (Wildman–Crippen LogP) is 0.401. The molecular weight excluding hydrogens is 243 g/mol. The summed E-state index contributed by atoms with van der Waals surface area (Å²) in [6.45, 7) is 0.187. The van der Waals surface area contributed by atoms with E-state index in [9.17, 15) is 9.36 Å². The van der Waals surface area contributed by atoms with Gasteiger partial charge in [0.15, 0.2) is 5.82 Å². The maximum atomic E-state index is 11.0.